The molecule has 0 aliphatic heterocycles. The first kappa shape index (κ1) is 36.8. The Labute approximate surface area is 250 Å². The molecule has 0 radical (unpaired) electrons. The maximum absolute atomic E-state index is 13.6. The maximum atomic E-state index is 13.6. The number of hydrogen-bond acceptors (Lipinski definition) is 3. The van der Waals surface area contributed by atoms with Gasteiger partial charge in [-0.3, -0.25) is 0 Å². The Morgan fingerprint density at radius 2 is 1.38 bits per heavy atom. The average Bonchev–Trinajstić information content (AvgIpc) is 3.62. The SMILES string of the molecule is C1CCCC1.O[C@H](CCCCNCC1CCCC1)c1ccc(-c2ccc(C(F)(F)F)cc2)nc1C(F)(F)F.S.[Fe]. The van der Waals surface area contributed by atoms with Crippen LogP contribution in [0.25, 0.3) is 11.3 Å². The van der Waals surface area contributed by atoms with Crippen LogP contribution in [0, 0.1) is 5.92 Å². The Morgan fingerprint density at radius 1 is 0.800 bits per heavy atom. The van der Waals surface area contributed by atoms with Crippen molar-refractivity contribution in [3.63, 3.8) is 0 Å². The van der Waals surface area contributed by atoms with Crippen LogP contribution in [0.2, 0.25) is 0 Å². The fraction of sp³-hybridized carbons (Fsp3) is 0.621. The molecule has 3 nitrogen and oxygen atoms in total. The molecule has 1 aromatic carbocycles. The number of nitrogens with one attached hydrogen (secondary N) is 1. The number of nitrogens with zero attached hydrogens (tertiary/aromatic N) is 1. The van der Waals surface area contributed by atoms with Crippen molar-refractivity contribution in [2.24, 2.45) is 5.92 Å². The minimum atomic E-state index is -4.80. The van der Waals surface area contributed by atoms with Crippen LogP contribution in [0.3, 0.4) is 0 Å². The van der Waals surface area contributed by atoms with Gasteiger partial charge >= 0.3 is 12.4 Å². The van der Waals surface area contributed by atoms with Crippen molar-refractivity contribution in [2.75, 3.05) is 13.1 Å². The van der Waals surface area contributed by atoms with Gasteiger partial charge in [-0.15, -0.1) is 0 Å². The number of aromatic nitrogens is 1. The van der Waals surface area contributed by atoms with Crippen LogP contribution in [0.1, 0.15) is 100.0 Å². The van der Waals surface area contributed by atoms with Gasteiger partial charge in [0.1, 0.15) is 0 Å². The predicted octanol–water partition coefficient (Wildman–Crippen LogP) is 8.83. The maximum Gasteiger partial charge on any atom is 0.433 e. The van der Waals surface area contributed by atoms with E-state index in [2.05, 4.69) is 10.3 Å². The van der Waals surface area contributed by atoms with Gasteiger partial charge in [-0.1, -0.05) is 63.1 Å². The van der Waals surface area contributed by atoms with Crippen molar-refractivity contribution >= 4 is 13.5 Å². The van der Waals surface area contributed by atoms with E-state index in [1.165, 1.54) is 63.9 Å². The predicted molar refractivity (Wildman–Crippen MR) is 147 cm³/mol. The molecule has 2 fully saturated rings. The number of rotatable bonds is 9. The van der Waals surface area contributed by atoms with Gasteiger partial charge in [0.25, 0.3) is 0 Å². The Hall–Kier alpha value is -1.26. The summed E-state index contributed by atoms with van der Waals surface area (Å²) >= 11 is 0. The summed E-state index contributed by atoms with van der Waals surface area (Å²) in [7, 11) is 0. The van der Waals surface area contributed by atoms with E-state index in [4.69, 9.17) is 0 Å². The largest absolute Gasteiger partial charge is 0.433 e. The van der Waals surface area contributed by atoms with Crippen LogP contribution >= 0.6 is 13.5 Å². The van der Waals surface area contributed by atoms with E-state index in [0.717, 1.165) is 49.8 Å². The molecule has 1 aromatic heterocycles. The fourth-order valence-electron chi connectivity index (χ4n) is 5.10. The zero-order chi connectivity index (χ0) is 27.6. The molecule has 40 heavy (non-hydrogen) atoms. The van der Waals surface area contributed by atoms with Crippen LogP contribution in [-0.2, 0) is 29.4 Å². The third-order valence-electron chi connectivity index (χ3n) is 7.30. The number of hydrogen-bond donors (Lipinski definition) is 2. The molecule has 2 N–H and O–H groups in total. The van der Waals surface area contributed by atoms with E-state index >= 15 is 0 Å². The van der Waals surface area contributed by atoms with Gasteiger partial charge in [0.15, 0.2) is 5.69 Å². The second-order valence-corrected chi connectivity index (χ2v) is 10.3. The van der Waals surface area contributed by atoms with Gasteiger partial charge in [0, 0.05) is 28.2 Å². The fourth-order valence-corrected chi connectivity index (χ4v) is 5.10. The Balaban J connectivity index is 0.00000103. The summed E-state index contributed by atoms with van der Waals surface area (Å²) < 4.78 is 79.1. The van der Waals surface area contributed by atoms with E-state index < -0.39 is 29.7 Å². The standard InChI is InChI=1S/C24H28F6N2O.C5H10.Fe.H2S/c25-23(26,27)18-10-8-17(9-11-18)20-13-12-19(22(32-20)24(28,29)30)21(33)7-3-4-14-31-15-16-5-1-2-6-16;1-2-4-5-3-1;;/h8-13,16,21,31,33H,1-7,14-15H2;1-5H2;;1H2/t21-;;;/m1.../s1. The average molecular weight is 635 g/mol. The first-order chi connectivity index (χ1) is 18.1. The summed E-state index contributed by atoms with van der Waals surface area (Å²) in [6.45, 7) is 1.70. The van der Waals surface area contributed by atoms with Crippen molar-refractivity contribution in [3.8, 4) is 11.3 Å². The van der Waals surface area contributed by atoms with Gasteiger partial charge < -0.3 is 10.4 Å². The van der Waals surface area contributed by atoms with E-state index in [1.807, 2.05) is 0 Å². The van der Waals surface area contributed by atoms with Crippen LogP contribution in [0.5, 0.6) is 0 Å². The van der Waals surface area contributed by atoms with Crippen molar-refractivity contribution < 1.29 is 48.5 Å². The molecule has 2 saturated carbocycles. The van der Waals surface area contributed by atoms with Gasteiger partial charge in [-0.25, -0.2) is 4.98 Å². The molecule has 2 aliphatic carbocycles. The van der Waals surface area contributed by atoms with E-state index in [1.54, 1.807) is 0 Å². The molecule has 0 spiro atoms. The van der Waals surface area contributed by atoms with Crippen molar-refractivity contribution in [3.05, 3.63) is 53.2 Å². The summed E-state index contributed by atoms with van der Waals surface area (Å²) in [6, 6.07) is 6.22. The van der Waals surface area contributed by atoms with E-state index in [-0.39, 0.29) is 53.8 Å². The summed E-state index contributed by atoms with van der Waals surface area (Å²) in [5.41, 5.74) is -2.41. The number of benzene rings is 1. The summed E-state index contributed by atoms with van der Waals surface area (Å²) in [4.78, 5) is 3.65. The Morgan fingerprint density at radius 3 is 1.90 bits per heavy atom. The quantitative estimate of drug-likeness (QED) is 0.165. The van der Waals surface area contributed by atoms with Gasteiger partial charge in [-0.05, 0) is 69.3 Å². The number of pyridine rings is 1. The van der Waals surface area contributed by atoms with Gasteiger partial charge in [0.05, 0.1) is 17.4 Å². The van der Waals surface area contributed by atoms with Crippen molar-refractivity contribution in [1.29, 1.82) is 0 Å². The normalized spacial score (nSPS) is 16.5. The molecule has 1 atom stereocenters. The summed E-state index contributed by atoms with van der Waals surface area (Å²) in [5.74, 6) is 0.708. The summed E-state index contributed by atoms with van der Waals surface area (Å²) in [5, 5.41) is 13.8. The minimum Gasteiger partial charge on any atom is -0.388 e. The minimum absolute atomic E-state index is 0. The number of unbranched alkanes of at least 4 members (excludes halogenated alkanes) is 1. The zero-order valence-corrected chi connectivity index (χ0v) is 24.6. The van der Waals surface area contributed by atoms with Crippen LogP contribution in [0.15, 0.2) is 36.4 Å². The third kappa shape index (κ3) is 11.9. The van der Waals surface area contributed by atoms with E-state index in [9.17, 15) is 31.4 Å². The van der Waals surface area contributed by atoms with Gasteiger partial charge in [0.2, 0.25) is 0 Å². The number of aliphatic hydroxyl groups is 1. The Bertz CT molecular complexity index is 970. The van der Waals surface area contributed by atoms with Crippen LogP contribution in [-0.4, -0.2) is 23.2 Å². The van der Waals surface area contributed by atoms with Crippen molar-refractivity contribution in [1.82, 2.24) is 10.3 Å². The molecule has 2 aromatic rings. The van der Waals surface area contributed by atoms with Crippen molar-refractivity contribution in [2.45, 2.75) is 95.5 Å². The number of halogens is 6. The molecule has 228 valence electrons. The molecule has 11 heteroatoms. The second kappa shape index (κ2) is 17.6. The number of alkyl halides is 6. The molecule has 0 saturated heterocycles. The first-order valence-corrected chi connectivity index (χ1v) is 13.7. The molecular weight excluding hydrogens is 594 g/mol. The molecule has 2 aliphatic rings. The van der Waals surface area contributed by atoms with Crippen LogP contribution < -0.4 is 5.32 Å². The Kier molecular flexibility index (Phi) is 16.2. The second-order valence-electron chi connectivity index (χ2n) is 10.3. The smallest absolute Gasteiger partial charge is 0.388 e. The molecule has 0 amide bonds. The summed E-state index contributed by atoms with van der Waals surface area (Å²) in [6.07, 6.45) is 3.30. The molecule has 0 unspecified atom stereocenters. The molecule has 4 rings (SSSR count). The number of aliphatic hydroxyl groups excluding tert-OH is 1. The monoisotopic (exact) mass is 634 g/mol. The van der Waals surface area contributed by atoms with Crippen LogP contribution in [0.4, 0.5) is 26.3 Å². The third-order valence-corrected chi connectivity index (χ3v) is 7.30. The zero-order valence-electron chi connectivity index (χ0n) is 22.5. The first-order valence-electron chi connectivity index (χ1n) is 13.7. The van der Waals surface area contributed by atoms with E-state index in [0.29, 0.717) is 12.3 Å². The topological polar surface area (TPSA) is 45.1 Å². The molecule has 1 heterocycles. The molecule has 0 bridgehead atoms. The molecular formula is C29H40F6FeN2OS. The van der Waals surface area contributed by atoms with Gasteiger partial charge in [-0.2, -0.15) is 39.8 Å².